The van der Waals surface area contributed by atoms with Crippen LogP contribution in [0.25, 0.3) is 0 Å². The summed E-state index contributed by atoms with van der Waals surface area (Å²) >= 11 is 0. The molecule has 2 N–H and O–H groups in total. The first-order chi connectivity index (χ1) is 12.8. The maximum atomic E-state index is 12.3. The minimum Gasteiger partial charge on any atom is -0.357 e. The van der Waals surface area contributed by atoms with Crippen LogP contribution in [0.1, 0.15) is 39.0 Å². The van der Waals surface area contributed by atoms with Gasteiger partial charge in [-0.1, -0.05) is 31.0 Å². The molecule has 5 nitrogen and oxygen atoms in total. The smallest absolute Gasteiger partial charge is 0.191 e. The first kappa shape index (κ1) is 20.9. The van der Waals surface area contributed by atoms with Gasteiger partial charge in [-0.05, 0) is 58.0 Å². The van der Waals surface area contributed by atoms with Crippen LogP contribution in [0.3, 0.4) is 0 Å². The first-order valence-corrected chi connectivity index (χ1v) is 11.3. The van der Waals surface area contributed by atoms with Crippen LogP contribution in [0.5, 0.6) is 0 Å². The number of likely N-dealkylation sites (tertiary alicyclic amines) is 1. The van der Waals surface area contributed by atoms with Gasteiger partial charge in [-0.15, -0.1) is 0 Å². The second-order valence-corrected chi connectivity index (χ2v) is 8.23. The summed E-state index contributed by atoms with van der Waals surface area (Å²) in [5.74, 6) is 1.41. The predicted octanol–water partition coefficient (Wildman–Crippen LogP) is 2.62. The largest absolute Gasteiger partial charge is 0.357 e. The average molecular weight is 379 g/mol. The Labute approximate surface area is 161 Å². The van der Waals surface area contributed by atoms with Crippen molar-refractivity contribution in [2.45, 2.75) is 43.9 Å². The van der Waals surface area contributed by atoms with E-state index < -0.39 is 10.8 Å². The lowest BCUT2D eigenvalue weighted by Crippen LogP contribution is -2.39. The van der Waals surface area contributed by atoms with E-state index in [1.165, 1.54) is 38.8 Å². The maximum absolute atomic E-state index is 12.3. The molecule has 1 unspecified atom stereocenters. The van der Waals surface area contributed by atoms with Gasteiger partial charge in [0, 0.05) is 30.3 Å². The van der Waals surface area contributed by atoms with Gasteiger partial charge in [-0.2, -0.15) is 0 Å². The van der Waals surface area contributed by atoms with Gasteiger partial charge in [0.1, 0.15) is 0 Å². The second-order valence-electron chi connectivity index (χ2n) is 6.66. The summed E-state index contributed by atoms with van der Waals surface area (Å²) in [6.07, 6.45) is 6.53. The van der Waals surface area contributed by atoms with Crippen molar-refractivity contribution in [3.63, 3.8) is 0 Å². The Morgan fingerprint density at radius 2 is 1.85 bits per heavy atom. The standard InChI is InChI=1S/C20H34N4OS/c1-2-21-20(22-13-10-17-24-15-8-3-4-9-16-24)23-14-18-26(25)19-11-6-5-7-12-19/h5-7,11-12H,2-4,8-10,13-18H2,1H3,(H2,21,22,23). The van der Waals surface area contributed by atoms with Gasteiger partial charge in [-0.25, -0.2) is 0 Å². The third-order valence-corrected chi connectivity index (χ3v) is 5.90. The van der Waals surface area contributed by atoms with Crippen LogP contribution in [0.2, 0.25) is 0 Å². The highest BCUT2D eigenvalue weighted by atomic mass is 32.2. The van der Waals surface area contributed by atoms with E-state index in [-0.39, 0.29) is 0 Å². The number of benzene rings is 1. The zero-order valence-corrected chi connectivity index (χ0v) is 16.9. The van der Waals surface area contributed by atoms with Crippen LogP contribution in [-0.2, 0) is 10.8 Å². The number of nitrogens with zero attached hydrogens (tertiary/aromatic N) is 2. The molecule has 0 saturated carbocycles. The van der Waals surface area contributed by atoms with Gasteiger partial charge in [-0.3, -0.25) is 9.20 Å². The monoisotopic (exact) mass is 378 g/mol. The van der Waals surface area contributed by atoms with Crippen LogP contribution in [-0.4, -0.2) is 60.1 Å². The summed E-state index contributed by atoms with van der Waals surface area (Å²) in [4.78, 5) is 8.12. The van der Waals surface area contributed by atoms with Crippen molar-refractivity contribution in [3.05, 3.63) is 30.3 Å². The molecule has 2 rings (SSSR count). The highest BCUT2D eigenvalue weighted by molar-refractivity contribution is 7.85. The van der Waals surface area contributed by atoms with Gasteiger partial charge in [0.2, 0.25) is 0 Å². The normalized spacial score (nSPS) is 17.5. The van der Waals surface area contributed by atoms with Crippen molar-refractivity contribution < 1.29 is 4.21 Å². The second kappa shape index (κ2) is 12.9. The highest BCUT2D eigenvalue weighted by Crippen LogP contribution is 2.09. The van der Waals surface area contributed by atoms with Crippen LogP contribution in [0.4, 0.5) is 0 Å². The molecule has 146 valence electrons. The summed E-state index contributed by atoms with van der Waals surface area (Å²) in [6.45, 7) is 8.00. The lowest BCUT2D eigenvalue weighted by Gasteiger charge is -2.19. The summed E-state index contributed by atoms with van der Waals surface area (Å²) in [5, 5.41) is 6.57. The minimum atomic E-state index is -0.968. The Hall–Kier alpha value is -1.40. The molecule has 1 aliphatic rings. The van der Waals surface area contributed by atoms with Crippen LogP contribution in [0, 0.1) is 0 Å². The molecule has 0 amide bonds. The van der Waals surface area contributed by atoms with E-state index in [0.717, 1.165) is 36.9 Å². The number of hydrogen-bond donors (Lipinski definition) is 2. The van der Waals surface area contributed by atoms with Crippen molar-refractivity contribution >= 4 is 16.8 Å². The molecule has 1 aliphatic heterocycles. The van der Waals surface area contributed by atoms with E-state index in [9.17, 15) is 4.21 Å². The molecule has 1 saturated heterocycles. The Bertz CT molecular complexity index is 542. The topological polar surface area (TPSA) is 56.7 Å². The summed E-state index contributed by atoms with van der Waals surface area (Å²) < 4.78 is 12.3. The van der Waals surface area contributed by atoms with Gasteiger partial charge in [0.05, 0.1) is 10.8 Å². The lowest BCUT2D eigenvalue weighted by molar-refractivity contribution is 0.283. The Balaban J connectivity index is 1.67. The molecule has 1 heterocycles. The van der Waals surface area contributed by atoms with Crippen molar-refractivity contribution in [1.82, 2.24) is 15.5 Å². The molecule has 0 bridgehead atoms. The number of nitrogens with one attached hydrogen (secondary N) is 2. The summed E-state index contributed by atoms with van der Waals surface area (Å²) in [6, 6.07) is 9.63. The molecular weight excluding hydrogens is 344 g/mol. The fourth-order valence-electron chi connectivity index (χ4n) is 3.14. The first-order valence-electron chi connectivity index (χ1n) is 9.97. The molecule has 6 heteroatoms. The van der Waals surface area contributed by atoms with Crippen LogP contribution >= 0.6 is 0 Å². The lowest BCUT2D eigenvalue weighted by atomic mass is 10.2. The number of aliphatic imine (C=N–C) groups is 1. The number of guanidine groups is 1. The molecule has 1 aromatic rings. The van der Waals surface area contributed by atoms with Crippen LogP contribution < -0.4 is 10.6 Å². The fourth-order valence-corrected chi connectivity index (χ4v) is 4.12. The molecule has 1 atom stereocenters. The minimum absolute atomic E-state index is 0.586. The fraction of sp³-hybridized carbons (Fsp3) is 0.650. The Morgan fingerprint density at radius 3 is 2.54 bits per heavy atom. The van der Waals surface area contributed by atoms with Crippen LogP contribution in [0.15, 0.2) is 40.2 Å². The van der Waals surface area contributed by atoms with E-state index in [4.69, 9.17) is 0 Å². The zero-order valence-electron chi connectivity index (χ0n) is 16.1. The summed E-state index contributed by atoms with van der Waals surface area (Å²) in [7, 11) is -0.968. The van der Waals surface area contributed by atoms with Gasteiger partial charge in [0.25, 0.3) is 0 Å². The molecule has 0 spiro atoms. The average Bonchev–Trinajstić information content (AvgIpc) is 2.94. The highest BCUT2D eigenvalue weighted by Gasteiger charge is 2.08. The summed E-state index contributed by atoms with van der Waals surface area (Å²) in [5.41, 5.74) is 0. The molecule has 1 aromatic carbocycles. The van der Waals surface area contributed by atoms with E-state index in [1.807, 2.05) is 30.3 Å². The van der Waals surface area contributed by atoms with E-state index >= 15 is 0 Å². The predicted molar refractivity (Wildman–Crippen MR) is 111 cm³/mol. The van der Waals surface area contributed by atoms with Crippen molar-refractivity contribution in [2.75, 3.05) is 45.0 Å². The van der Waals surface area contributed by atoms with Crippen molar-refractivity contribution in [1.29, 1.82) is 0 Å². The van der Waals surface area contributed by atoms with Gasteiger partial charge in [0.15, 0.2) is 5.96 Å². The van der Waals surface area contributed by atoms with E-state index in [1.54, 1.807) is 0 Å². The number of rotatable bonds is 9. The molecule has 26 heavy (non-hydrogen) atoms. The SMILES string of the molecule is CCNC(=NCCCN1CCCCCC1)NCCS(=O)c1ccccc1. The quantitative estimate of drug-likeness (QED) is 0.394. The molecule has 0 aromatic heterocycles. The van der Waals surface area contributed by atoms with Gasteiger partial charge >= 0.3 is 0 Å². The van der Waals surface area contributed by atoms with E-state index in [2.05, 4.69) is 27.4 Å². The third-order valence-electron chi connectivity index (χ3n) is 4.53. The molecule has 1 fully saturated rings. The number of hydrogen-bond acceptors (Lipinski definition) is 3. The molecule has 0 radical (unpaired) electrons. The van der Waals surface area contributed by atoms with E-state index in [0.29, 0.717) is 12.3 Å². The molecule has 0 aliphatic carbocycles. The third kappa shape index (κ3) is 8.32. The van der Waals surface area contributed by atoms with Crippen molar-refractivity contribution in [3.8, 4) is 0 Å². The Kier molecular flexibility index (Phi) is 10.4. The molecular formula is C20H34N4OS. The van der Waals surface area contributed by atoms with Gasteiger partial charge < -0.3 is 15.5 Å². The maximum Gasteiger partial charge on any atom is 0.191 e. The Morgan fingerprint density at radius 1 is 1.12 bits per heavy atom. The van der Waals surface area contributed by atoms with Crippen molar-refractivity contribution in [2.24, 2.45) is 4.99 Å². The zero-order chi connectivity index (χ0) is 18.5.